The number of anilines is 2. The van der Waals surface area contributed by atoms with Crippen molar-refractivity contribution in [1.29, 1.82) is 0 Å². The third kappa shape index (κ3) is 4.75. The van der Waals surface area contributed by atoms with E-state index < -0.39 is 16.8 Å². The second kappa shape index (κ2) is 10.1. The summed E-state index contributed by atoms with van der Waals surface area (Å²) in [5.41, 5.74) is 9.73. The number of nitrogens with one attached hydrogen (secondary N) is 2. The van der Waals surface area contributed by atoms with Crippen molar-refractivity contribution < 1.29 is 14.4 Å². The lowest BCUT2D eigenvalue weighted by molar-refractivity contribution is 0.0930. The van der Waals surface area contributed by atoms with E-state index in [0.29, 0.717) is 16.7 Å². The van der Waals surface area contributed by atoms with Gasteiger partial charge in [-0.25, -0.2) is 9.97 Å². The molecule has 1 aromatic heterocycles. The molecule has 0 bridgehead atoms. The van der Waals surface area contributed by atoms with Crippen LogP contribution in [0.25, 0.3) is 0 Å². The SMILES string of the molecule is Cc1ccc2c(c1)CC[C@@H]2NC(=O)c1cc(C(=O)NCc2ccc3c(c2)CN(c2c(N)c(=O)c2=O)CC3=O)ncn1. The van der Waals surface area contributed by atoms with Crippen LogP contribution in [0.5, 0.6) is 0 Å². The highest BCUT2D eigenvalue weighted by atomic mass is 16.2. The van der Waals surface area contributed by atoms with Crippen LogP contribution < -0.4 is 32.1 Å². The molecule has 11 nitrogen and oxygen atoms in total. The van der Waals surface area contributed by atoms with Crippen molar-refractivity contribution in [3.63, 3.8) is 0 Å². The molecule has 0 unspecified atom stereocenters. The maximum Gasteiger partial charge on any atom is 0.270 e. The van der Waals surface area contributed by atoms with Gasteiger partial charge >= 0.3 is 0 Å². The highest BCUT2D eigenvalue weighted by Crippen LogP contribution is 2.32. The molecule has 2 aliphatic rings. The number of carbonyl (C=O) groups excluding carboxylic acids is 3. The molecule has 1 atom stereocenters. The Morgan fingerprint density at radius 3 is 2.51 bits per heavy atom. The minimum absolute atomic E-state index is 0.0440. The van der Waals surface area contributed by atoms with Crippen LogP contribution >= 0.6 is 0 Å². The fourth-order valence-electron chi connectivity index (χ4n) is 5.56. The van der Waals surface area contributed by atoms with Crippen LogP contribution in [0.15, 0.2) is 58.4 Å². The van der Waals surface area contributed by atoms with Crippen LogP contribution in [-0.2, 0) is 19.5 Å². The molecule has 2 amide bonds. The molecule has 3 aromatic carbocycles. The van der Waals surface area contributed by atoms with Gasteiger partial charge in [0.05, 0.1) is 12.6 Å². The van der Waals surface area contributed by atoms with Gasteiger partial charge in [0, 0.05) is 24.7 Å². The number of fused-ring (bicyclic) bond motifs is 2. The van der Waals surface area contributed by atoms with Crippen LogP contribution in [0.3, 0.4) is 0 Å². The van der Waals surface area contributed by atoms with E-state index in [0.717, 1.165) is 18.4 Å². The van der Waals surface area contributed by atoms with E-state index >= 15 is 0 Å². The zero-order chi connectivity index (χ0) is 28.8. The number of aromatic nitrogens is 2. The Morgan fingerprint density at radius 2 is 1.73 bits per heavy atom. The number of nitrogens with zero attached hydrogens (tertiary/aromatic N) is 3. The Labute approximate surface area is 234 Å². The molecule has 2 heterocycles. The van der Waals surface area contributed by atoms with Crippen molar-refractivity contribution in [2.75, 3.05) is 17.2 Å². The third-order valence-corrected chi connectivity index (χ3v) is 7.67. The molecule has 0 saturated heterocycles. The fourth-order valence-corrected chi connectivity index (χ4v) is 5.56. The maximum absolute atomic E-state index is 12.9. The van der Waals surface area contributed by atoms with E-state index in [1.807, 2.05) is 19.1 Å². The second-order valence-corrected chi connectivity index (χ2v) is 10.4. The van der Waals surface area contributed by atoms with Gasteiger partial charge in [-0.3, -0.25) is 24.0 Å². The second-order valence-electron chi connectivity index (χ2n) is 10.4. The van der Waals surface area contributed by atoms with Crippen LogP contribution in [0.4, 0.5) is 11.4 Å². The number of rotatable bonds is 6. The molecule has 1 aliphatic heterocycles. The van der Waals surface area contributed by atoms with Crippen LogP contribution in [0, 0.1) is 6.92 Å². The van der Waals surface area contributed by atoms with Crippen LogP contribution in [0.2, 0.25) is 0 Å². The molecule has 206 valence electrons. The largest absolute Gasteiger partial charge is 0.394 e. The zero-order valence-corrected chi connectivity index (χ0v) is 22.2. The quantitative estimate of drug-likeness (QED) is 0.302. The number of ketones is 1. The van der Waals surface area contributed by atoms with E-state index in [1.165, 1.54) is 28.4 Å². The van der Waals surface area contributed by atoms with Gasteiger partial charge in [-0.2, -0.15) is 0 Å². The van der Waals surface area contributed by atoms with Crippen LogP contribution in [-0.4, -0.2) is 34.1 Å². The Hall–Kier alpha value is -5.19. The number of hydrogen-bond acceptors (Lipinski definition) is 9. The van der Waals surface area contributed by atoms with Gasteiger partial charge in [0.15, 0.2) is 5.78 Å². The van der Waals surface area contributed by atoms with Gasteiger partial charge in [-0.05, 0) is 42.0 Å². The van der Waals surface area contributed by atoms with E-state index in [2.05, 4.69) is 26.7 Å². The number of Topliss-reactive ketones (excluding diaryl/α,β-unsaturated/α-hetero) is 1. The van der Waals surface area contributed by atoms with Crippen molar-refractivity contribution in [3.05, 3.63) is 114 Å². The zero-order valence-electron chi connectivity index (χ0n) is 22.2. The van der Waals surface area contributed by atoms with Crippen molar-refractivity contribution in [2.45, 2.75) is 38.9 Å². The summed E-state index contributed by atoms with van der Waals surface area (Å²) in [6.07, 6.45) is 2.87. The number of benzene rings is 2. The molecule has 0 radical (unpaired) electrons. The first-order valence-electron chi connectivity index (χ1n) is 13.2. The number of carbonyl (C=O) groups is 3. The van der Waals surface area contributed by atoms with E-state index in [1.54, 1.807) is 18.2 Å². The summed E-state index contributed by atoms with van der Waals surface area (Å²) in [5.74, 6) is -1.07. The lowest BCUT2D eigenvalue weighted by Crippen LogP contribution is -2.46. The predicted molar refractivity (Wildman–Crippen MR) is 150 cm³/mol. The molecular formula is C30H26N6O5. The number of aryl methyl sites for hydroxylation is 2. The molecule has 1 aliphatic carbocycles. The fraction of sp³-hybridized carbons (Fsp3) is 0.233. The van der Waals surface area contributed by atoms with Gasteiger partial charge in [0.25, 0.3) is 22.7 Å². The van der Waals surface area contributed by atoms with Crippen molar-refractivity contribution >= 4 is 29.0 Å². The molecular weight excluding hydrogens is 524 g/mol. The Bertz CT molecular complexity index is 1820. The minimum Gasteiger partial charge on any atom is -0.394 e. The molecule has 11 heteroatoms. The topological polar surface area (TPSA) is 164 Å². The smallest absolute Gasteiger partial charge is 0.270 e. The summed E-state index contributed by atoms with van der Waals surface area (Å²) in [6.45, 7) is 2.35. The first-order chi connectivity index (χ1) is 19.7. The summed E-state index contributed by atoms with van der Waals surface area (Å²) in [4.78, 5) is 71.6. The van der Waals surface area contributed by atoms with Crippen molar-refractivity contribution in [3.8, 4) is 0 Å². The van der Waals surface area contributed by atoms with Crippen LogP contribution in [0.1, 0.15) is 71.6 Å². The van der Waals surface area contributed by atoms with Crippen molar-refractivity contribution in [1.82, 2.24) is 20.6 Å². The Balaban J connectivity index is 1.11. The molecule has 41 heavy (non-hydrogen) atoms. The van der Waals surface area contributed by atoms with E-state index in [9.17, 15) is 24.0 Å². The average Bonchev–Trinajstić information content (AvgIpc) is 3.36. The number of nitrogen functional groups attached to an aromatic ring is 1. The van der Waals surface area contributed by atoms with Crippen molar-refractivity contribution in [2.24, 2.45) is 0 Å². The van der Waals surface area contributed by atoms with Gasteiger partial charge in [0.2, 0.25) is 0 Å². The summed E-state index contributed by atoms with van der Waals surface area (Å²) >= 11 is 0. The average molecular weight is 551 g/mol. The first kappa shape index (κ1) is 26.1. The van der Waals surface area contributed by atoms with Gasteiger partial charge in [0.1, 0.15) is 29.1 Å². The monoisotopic (exact) mass is 550 g/mol. The van der Waals surface area contributed by atoms with Gasteiger partial charge in [-0.1, -0.05) is 42.0 Å². The van der Waals surface area contributed by atoms with E-state index in [4.69, 9.17) is 5.73 Å². The highest BCUT2D eigenvalue weighted by molar-refractivity contribution is 6.02. The Morgan fingerprint density at radius 1 is 0.951 bits per heavy atom. The molecule has 0 fully saturated rings. The molecule has 0 spiro atoms. The molecule has 0 saturated carbocycles. The summed E-state index contributed by atoms with van der Waals surface area (Å²) < 4.78 is 0. The van der Waals surface area contributed by atoms with Gasteiger partial charge in [-0.15, -0.1) is 0 Å². The maximum atomic E-state index is 12.9. The summed E-state index contributed by atoms with van der Waals surface area (Å²) in [7, 11) is 0. The summed E-state index contributed by atoms with van der Waals surface area (Å²) in [5, 5.41) is 5.79. The normalized spacial score (nSPS) is 15.9. The molecule has 4 N–H and O–H groups in total. The number of hydrogen-bond donors (Lipinski definition) is 3. The lowest BCUT2D eigenvalue weighted by atomic mass is 9.95. The standard InChI is InChI=1S/C30H26N6O5/c1-15-2-5-19-17(8-15)4-7-21(19)35-30(41)23-10-22(33-14-34-23)29(40)32-11-16-3-6-20-18(9-16)12-36(13-24(20)37)26-25(31)27(38)28(26)39/h2-3,5-6,8-10,14,21H,4,7,11-13,31H2,1H3,(H,32,40)(H,35,41)/t21-/m0/s1. The molecule has 4 aromatic rings. The Kier molecular flexibility index (Phi) is 6.41. The highest BCUT2D eigenvalue weighted by Gasteiger charge is 2.30. The summed E-state index contributed by atoms with van der Waals surface area (Å²) in [6, 6.07) is 12.6. The third-order valence-electron chi connectivity index (χ3n) is 7.67. The van der Waals surface area contributed by atoms with Gasteiger partial charge < -0.3 is 21.3 Å². The lowest BCUT2D eigenvalue weighted by Gasteiger charge is -2.31. The van der Waals surface area contributed by atoms with E-state index in [-0.39, 0.29) is 60.1 Å². The predicted octanol–water partition coefficient (Wildman–Crippen LogP) is 1.51. The first-order valence-corrected chi connectivity index (χ1v) is 13.2. The molecule has 6 rings (SSSR count). The minimum atomic E-state index is -0.737. The number of amides is 2. The number of nitrogens with two attached hydrogens (primary N) is 1.